The number of furan rings is 1. The molecule has 29 heavy (non-hydrogen) atoms. The van der Waals surface area contributed by atoms with Crippen molar-refractivity contribution in [3.63, 3.8) is 0 Å². The second kappa shape index (κ2) is 7.98. The predicted molar refractivity (Wildman–Crippen MR) is 105 cm³/mol. The zero-order valence-electron chi connectivity index (χ0n) is 15.2. The number of amides is 2. The standard InChI is InChI=1S/C20H18N2O6S/c23-18(19(24)22-14-3-4-15-16(10-14)27-8-7-26-15)21-12-20(25,13-5-9-29-11-13)17-2-1-6-28-17/h1-6,9-11,25H,7-8,12H2,(H,21,23)(H,22,24)/t20-/m1/s1. The summed E-state index contributed by atoms with van der Waals surface area (Å²) in [6, 6.07) is 9.85. The number of carbonyl (C=O) groups excluding carboxylic acids is 2. The van der Waals surface area contributed by atoms with Crippen molar-refractivity contribution in [2.45, 2.75) is 5.60 Å². The molecule has 1 aromatic carbocycles. The van der Waals surface area contributed by atoms with Crippen LogP contribution in [0.15, 0.2) is 57.8 Å². The summed E-state index contributed by atoms with van der Waals surface area (Å²) < 4.78 is 16.2. The van der Waals surface area contributed by atoms with Crippen molar-refractivity contribution in [3.05, 3.63) is 64.7 Å². The van der Waals surface area contributed by atoms with Gasteiger partial charge in [-0.05, 0) is 41.1 Å². The second-order valence-electron chi connectivity index (χ2n) is 6.34. The van der Waals surface area contributed by atoms with Gasteiger partial charge in [0.05, 0.1) is 12.8 Å². The molecule has 1 atom stereocenters. The van der Waals surface area contributed by atoms with E-state index in [-0.39, 0.29) is 12.3 Å². The lowest BCUT2D eigenvalue weighted by Crippen LogP contribution is -2.45. The van der Waals surface area contributed by atoms with Crippen LogP contribution >= 0.6 is 11.3 Å². The van der Waals surface area contributed by atoms with E-state index < -0.39 is 17.4 Å². The summed E-state index contributed by atoms with van der Waals surface area (Å²) in [5.74, 6) is -0.408. The van der Waals surface area contributed by atoms with E-state index >= 15 is 0 Å². The van der Waals surface area contributed by atoms with E-state index in [2.05, 4.69) is 10.6 Å². The van der Waals surface area contributed by atoms with Crippen LogP contribution in [-0.4, -0.2) is 36.7 Å². The van der Waals surface area contributed by atoms with Crippen molar-refractivity contribution in [1.29, 1.82) is 0 Å². The maximum atomic E-state index is 12.3. The van der Waals surface area contributed by atoms with E-state index in [1.807, 2.05) is 0 Å². The number of rotatable bonds is 5. The summed E-state index contributed by atoms with van der Waals surface area (Å²) in [7, 11) is 0. The Labute approximate surface area is 170 Å². The Balaban J connectivity index is 1.42. The molecule has 8 nitrogen and oxygen atoms in total. The molecule has 0 aliphatic carbocycles. The number of ether oxygens (including phenoxy) is 2. The zero-order chi connectivity index (χ0) is 20.3. The lowest BCUT2D eigenvalue weighted by atomic mass is 9.93. The van der Waals surface area contributed by atoms with Gasteiger partial charge in [-0.1, -0.05) is 0 Å². The summed E-state index contributed by atoms with van der Waals surface area (Å²) in [5.41, 5.74) is -0.630. The SMILES string of the molecule is O=C(NC[C@@](O)(c1ccsc1)c1ccco1)C(=O)Nc1ccc2c(c1)OCCO2. The van der Waals surface area contributed by atoms with Crippen LogP contribution in [0, 0.1) is 0 Å². The normalized spacial score (nSPS) is 14.7. The minimum Gasteiger partial charge on any atom is -0.486 e. The van der Waals surface area contributed by atoms with Crippen LogP contribution in [0.3, 0.4) is 0 Å². The number of thiophene rings is 1. The van der Waals surface area contributed by atoms with E-state index in [1.165, 1.54) is 17.6 Å². The molecule has 0 unspecified atom stereocenters. The molecule has 9 heteroatoms. The molecular formula is C20H18N2O6S. The van der Waals surface area contributed by atoms with Gasteiger partial charge < -0.3 is 29.6 Å². The van der Waals surface area contributed by atoms with E-state index in [4.69, 9.17) is 13.9 Å². The van der Waals surface area contributed by atoms with E-state index in [0.29, 0.717) is 36.0 Å². The van der Waals surface area contributed by atoms with Gasteiger partial charge in [-0.3, -0.25) is 9.59 Å². The zero-order valence-corrected chi connectivity index (χ0v) is 16.0. The number of nitrogens with one attached hydrogen (secondary N) is 2. The Kier molecular flexibility index (Phi) is 5.24. The molecule has 0 spiro atoms. The highest BCUT2D eigenvalue weighted by atomic mass is 32.1. The van der Waals surface area contributed by atoms with Gasteiger partial charge in [0.2, 0.25) is 0 Å². The van der Waals surface area contributed by atoms with Crippen LogP contribution < -0.4 is 20.1 Å². The molecule has 1 aliphatic heterocycles. The fraction of sp³-hybridized carbons (Fsp3) is 0.200. The van der Waals surface area contributed by atoms with Gasteiger partial charge in [0.25, 0.3) is 0 Å². The van der Waals surface area contributed by atoms with Crippen LogP contribution in [0.5, 0.6) is 11.5 Å². The average Bonchev–Trinajstić information content (AvgIpc) is 3.46. The van der Waals surface area contributed by atoms with Crippen LogP contribution in [0.25, 0.3) is 0 Å². The Morgan fingerprint density at radius 2 is 1.93 bits per heavy atom. The molecule has 3 N–H and O–H groups in total. The molecule has 3 aromatic rings. The third-order valence-corrected chi connectivity index (χ3v) is 5.12. The van der Waals surface area contributed by atoms with Gasteiger partial charge in [-0.25, -0.2) is 0 Å². The highest BCUT2D eigenvalue weighted by molar-refractivity contribution is 7.08. The molecule has 0 saturated carbocycles. The number of aliphatic hydroxyl groups is 1. The number of fused-ring (bicyclic) bond motifs is 1. The molecule has 2 amide bonds. The van der Waals surface area contributed by atoms with Crippen LogP contribution in [0.2, 0.25) is 0 Å². The molecule has 2 aromatic heterocycles. The van der Waals surface area contributed by atoms with Crippen LogP contribution in [0.1, 0.15) is 11.3 Å². The maximum Gasteiger partial charge on any atom is 0.313 e. The molecule has 1 aliphatic rings. The van der Waals surface area contributed by atoms with Gasteiger partial charge in [0.15, 0.2) is 17.1 Å². The lowest BCUT2D eigenvalue weighted by molar-refractivity contribution is -0.136. The van der Waals surface area contributed by atoms with E-state index in [0.717, 1.165) is 0 Å². The molecule has 0 saturated heterocycles. The maximum absolute atomic E-state index is 12.3. The second-order valence-corrected chi connectivity index (χ2v) is 7.12. The van der Waals surface area contributed by atoms with Gasteiger partial charge in [-0.2, -0.15) is 11.3 Å². The summed E-state index contributed by atoms with van der Waals surface area (Å²) in [6.45, 7) is 0.646. The Morgan fingerprint density at radius 1 is 1.10 bits per heavy atom. The first-order valence-electron chi connectivity index (χ1n) is 8.84. The first-order chi connectivity index (χ1) is 14.1. The van der Waals surface area contributed by atoms with Crippen molar-refractivity contribution in [1.82, 2.24) is 5.32 Å². The smallest absolute Gasteiger partial charge is 0.313 e. The number of hydrogen-bond donors (Lipinski definition) is 3. The fourth-order valence-corrected chi connectivity index (χ4v) is 3.67. The first-order valence-corrected chi connectivity index (χ1v) is 9.78. The Hall–Kier alpha value is -3.30. The first kappa shape index (κ1) is 19.0. The molecule has 3 heterocycles. The summed E-state index contributed by atoms with van der Waals surface area (Å²) in [5, 5.41) is 19.7. The highest BCUT2D eigenvalue weighted by Crippen LogP contribution is 2.33. The van der Waals surface area contributed by atoms with Gasteiger partial charge in [-0.15, -0.1) is 0 Å². The fourth-order valence-electron chi connectivity index (χ4n) is 2.94. The van der Waals surface area contributed by atoms with Gasteiger partial charge in [0, 0.05) is 17.3 Å². The van der Waals surface area contributed by atoms with Crippen molar-refractivity contribution >= 4 is 28.8 Å². The van der Waals surface area contributed by atoms with Crippen molar-refractivity contribution in [2.75, 3.05) is 25.1 Å². The van der Waals surface area contributed by atoms with Gasteiger partial charge in [0.1, 0.15) is 19.0 Å². The predicted octanol–water partition coefficient (Wildman–Crippen LogP) is 2.10. The topological polar surface area (TPSA) is 110 Å². The van der Waals surface area contributed by atoms with Crippen LogP contribution in [0.4, 0.5) is 5.69 Å². The summed E-state index contributed by atoms with van der Waals surface area (Å²) in [6.07, 6.45) is 1.43. The Bertz CT molecular complexity index is 966. The minimum absolute atomic E-state index is 0.232. The van der Waals surface area contributed by atoms with E-state index in [9.17, 15) is 14.7 Å². The van der Waals surface area contributed by atoms with Crippen LogP contribution in [-0.2, 0) is 15.2 Å². The number of anilines is 1. The van der Waals surface area contributed by atoms with Crippen molar-refractivity contribution in [3.8, 4) is 11.5 Å². The largest absolute Gasteiger partial charge is 0.486 e. The molecule has 0 bridgehead atoms. The molecule has 0 radical (unpaired) electrons. The third-order valence-electron chi connectivity index (χ3n) is 4.44. The monoisotopic (exact) mass is 414 g/mol. The number of carbonyl (C=O) groups is 2. The minimum atomic E-state index is -1.59. The van der Waals surface area contributed by atoms with E-state index in [1.54, 1.807) is 47.2 Å². The lowest BCUT2D eigenvalue weighted by Gasteiger charge is -2.25. The van der Waals surface area contributed by atoms with Crippen molar-refractivity contribution < 1.29 is 28.6 Å². The van der Waals surface area contributed by atoms with Gasteiger partial charge >= 0.3 is 11.8 Å². The summed E-state index contributed by atoms with van der Waals surface area (Å²) in [4.78, 5) is 24.6. The molecule has 150 valence electrons. The summed E-state index contributed by atoms with van der Waals surface area (Å²) >= 11 is 1.40. The third kappa shape index (κ3) is 3.96. The Morgan fingerprint density at radius 3 is 2.66 bits per heavy atom. The average molecular weight is 414 g/mol. The highest BCUT2D eigenvalue weighted by Gasteiger charge is 2.36. The quantitative estimate of drug-likeness (QED) is 0.552. The molecule has 0 fully saturated rings. The molecular weight excluding hydrogens is 396 g/mol. The number of hydrogen-bond acceptors (Lipinski definition) is 7. The number of benzene rings is 1. The van der Waals surface area contributed by atoms with Crippen molar-refractivity contribution in [2.24, 2.45) is 0 Å². The molecule has 4 rings (SSSR count).